The fourth-order valence-electron chi connectivity index (χ4n) is 2.39. The second kappa shape index (κ2) is 9.22. The summed E-state index contributed by atoms with van der Waals surface area (Å²) >= 11 is 2.24. The van der Waals surface area contributed by atoms with Gasteiger partial charge in [0.2, 0.25) is 5.91 Å². The zero-order chi connectivity index (χ0) is 18.3. The van der Waals surface area contributed by atoms with Gasteiger partial charge in [-0.2, -0.15) is 0 Å². The van der Waals surface area contributed by atoms with Crippen molar-refractivity contribution in [3.8, 4) is 5.75 Å². The smallest absolute Gasteiger partial charge is 0.224 e. The number of amides is 1. The first kappa shape index (κ1) is 19.8. The van der Waals surface area contributed by atoms with E-state index in [4.69, 9.17) is 4.74 Å². The first-order valence-electron chi connectivity index (χ1n) is 8.69. The number of ether oxygens (including phenoxy) is 1. The van der Waals surface area contributed by atoms with Crippen LogP contribution in [0.15, 0.2) is 48.5 Å². The minimum Gasteiger partial charge on any atom is -0.494 e. The molecule has 3 nitrogen and oxygen atoms in total. The first-order valence-corrected chi connectivity index (χ1v) is 9.77. The molecule has 0 saturated carbocycles. The molecule has 0 spiro atoms. The Labute approximate surface area is 164 Å². The SMILES string of the molecule is CCC(C)(C)c1ccc(OCCCC(=O)Nc2ccc(I)cc2)cc1. The maximum atomic E-state index is 11.9. The molecule has 0 saturated heterocycles. The lowest BCUT2D eigenvalue weighted by atomic mass is 9.82. The average Bonchev–Trinajstić information content (AvgIpc) is 2.61. The van der Waals surface area contributed by atoms with Crippen molar-refractivity contribution in [2.45, 2.75) is 45.4 Å². The van der Waals surface area contributed by atoms with Crippen LogP contribution in [0.3, 0.4) is 0 Å². The van der Waals surface area contributed by atoms with Crippen LogP contribution in [0, 0.1) is 3.57 Å². The van der Waals surface area contributed by atoms with Crippen molar-refractivity contribution in [3.05, 3.63) is 57.7 Å². The van der Waals surface area contributed by atoms with Gasteiger partial charge in [0, 0.05) is 15.7 Å². The second-order valence-electron chi connectivity index (χ2n) is 6.77. The van der Waals surface area contributed by atoms with Crippen LogP contribution in [0.1, 0.15) is 45.6 Å². The quantitative estimate of drug-likeness (QED) is 0.409. The number of carbonyl (C=O) groups excluding carboxylic acids is 1. The van der Waals surface area contributed by atoms with E-state index < -0.39 is 0 Å². The standard InChI is InChI=1S/C21H26INO2/c1-4-21(2,3)16-7-13-19(14-8-16)25-15-5-6-20(24)23-18-11-9-17(22)10-12-18/h7-14H,4-6,15H2,1-3H3,(H,23,24). The van der Waals surface area contributed by atoms with Crippen molar-refractivity contribution in [1.82, 2.24) is 0 Å². The van der Waals surface area contributed by atoms with E-state index in [9.17, 15) is 4.79 Å². The Balaban J connectivity index is 1.72. The van der Waals surface area contributed by atoms with E-state index >= 15 is 0 Å². The molecule has 0 unspecified atom stereocenters. The lowest BCUT2D eigenvalue weighted by Gasteiger charge is -2.23. The van der Waals surface area contributed by atoms with Gasteiger partial charge >= 0.3 is 0 Å². The van der Waals surface area contributed by atoms with E-state index in [1.54, 1.807) is 0 Å². The highest BCUT2D eigenvalue weighted by Gasteiger charge is 2.17. The van der Waals surface area contributed by atoms with Crippen molar-refractivity contribution >= 4 is 34.2 Å². The number of rotatable bonds is 8. The van der Waals surface area contributed by atoms with E-state index in [0.29, 0.717) is 19.4 Å². The molecule has 0 aliphatic heterocycles. The van der Waals surface area contributed by atoms with Gasteiger partial charge in [-0.1, -0.05) is 32.9 Å². The topological polar surface area (TPSA) is 38.3 Å². The van der Waals surface area contributed by atoms with Crippen LogP contribution in [-0.2, 0) is 10.2 Å². The molecule has 1 amide bonds. The van der Waals surface area contributed by atoms with E-state index in [2.05, 4.69) is 60.8 Å². The molecule has 2 aromatic rings. The Bertz CT molecular complexity index is 678. The highest BCUT2D eigenvalue weighted by atomic mass is 127. The van der Waals surface area contributed by atoms with E-state index in [1.165, 1.54) is 5.56 Å². The monoisotopic (exact) mass is 451 g/mol. The molecule has 2 aromatic carbocycles. The molecule has 2 rings (SSSR count). The van der Waals surface area contributed by atoms with Crippen molar-refractivity contribution in [2.75, 3.05) is 11.9 Å². The summed E-state index contributed by atoms with van der Waals surface area (Å²) in [6, 6.07) is 16.1. The predicted octanol–water partition coefficient (Wildman–Crippen LogP) is 5.78. The fraction of sp³-hybridized carbons (Fsp3) is 0.381. The molecule has 0 aliphatic carbocycles. The first-order chi connectivity index (χ1) is 11.9. The van der Waals surface area contributed by atoms with Crippen molar-refractivity contribution in [3.63, 3.8) is 0 Å². The molecule has 0 aromatic heterocycles. The Morgan fingerprint density at radius 2 is 1.72 bits per heavy atom. The summed E-state index contributed by atoms with van der Waals surface area (Å²) < 4.78 is 6.89. The maximum Gasteiger partial charge on any atom is 0.224 e. The highest BCUT2D eigenvalue weighted by Crippen LogP contribution is 2.28. The van der Waals surface area contributed by atoms with E-state index in [-0.39, 0.29) is 11.3 Å². The Hall–Kier alpha value is -1.56. The van der Waals surface area contributed by atoms with E-state index in [0.717, 1.165) is 21.4 Å². The van der Waals surface area contributed by atoms with Gasteiger partial charge in [0.1, 0.15) is 5.75 Å². The molecule has 0 atom stereocenters. The normalized spacial score (nSPS) is 11.2. The molecule has 0 radical (unpaired) electrons. The third-order valence-electron chi connectivity index (χ3n) is 4.46. The fourth-order valence-corrected chi connectivity index (χ4v) is 2.75. The predicted molar refractivity (Wildman–Crippen MR) is 112 cm³/mol. The van der Waals surface area contributed by atoms with Gasteiger partial charge in [0.05, 0.1) is 6.61 Å². The number of nitrogens with one attached hydrogen (secondary N) is 1. The van der Waals surface area contributed by atoms with Gasteiger partial charge in [0.15, 0.2) is 0 Å². The zero-order valence-electron chi connectivity index (χ0n) is 15.1. The van der Waals surface area contributed by atoms with Gasteiger partial charge in [-0.3, -0.25) is 4.79 Å². The molecular formula is C21H26INO2. The number of halogens is 1. The van der Waals surface area contributed by atoms with Gasteiger partial charge in [-0.05, 0) is 82.8 Å². The van der Waals surface area contributed by atoms with Crippen LogP contribution in [0.5, 0.6) is 5.75 Å². The molecule has 0 bridgehead atoms. The molecule has 1 N–H and O–H groups in total. The van der Waals surface area contributed by atoms with Gasteiger partial charge < -0.3 is 10.1 Å². The highest BCUT2D eigenvalue weighted by molar-refractivity contribution is 14.1. The number of hydrogen-bond acceptors (Lipinski definition) is 2. The van der Waals surface area contributed by atoms with Gasteiger partial charge in [-0.15, -0.1) is 0 Å². The summed E-state index contributed by atoms with van der Waals surface area (Å²) in [5.74, 6) is 0.874. The average molecular weight is 451 g/mol. The summed E-state index contributed by atoms with van der Waals surface area (Å²) in [4.78, 5) is 11.9. The van der Waals surface area contributed by atoms with Crippen molar-refractivity contribution < 1.29 is 9.53 Å². The number of hydrogen-bond donors (Lipinski definition) is 1. The minimum absolute atomic E-state index is 0.0184. The summed E-state index contributed by atoms with van der Waals surface area (Å²) in [5.41, 5.74) is 2.34. The number of carbonyl (C=O) groups is 1. The van der Waals surface area contributed by atoms with Crippen LogP contribution < -0.4 is 10.1 Å². The van der Waals surface area contributed by atoms with Crippen LogP contribution >= 0.6 is 22.6 Å². The lowest BCUT2D eigenvalue weighted by molar-refractivity contribution is -0.116. The largest absolute Gasteiger partial charge is 0.494 e. The summed E-state index contributed by atoms with van der Waals surface area (Å²) in [7, 11) is 0. The molecule has 0 heterocycles. The van der Waals surface area contributed by atoms with Gasteiger partial charge in [-0.25, -0.2) is 0 Å². The Kier molecular flexibility index (Phi) is 7.29. The molecule has 0 fully saturated rings. The number of anilines is 1. The Morgan fingerprint density at radius 1 is 1.08 bits per heavy atom. The van der Waals surface area contributed by atoms with Crippen LogP contribution in [0.4, 0.5) is 5.69 Å². The second-order valence-corrected chi connectivity index (χ2v) is 8.01. The van der Waals surface area contributed by atoms with Crippen LogP contribution in [-0.4, -0.2) is 12.5 Å². The lowest BCUT2D eigenvalue weighted by Crippen LogP contribution is -2.15. The zero-order valence-corrected chi connectivity index (χ0v) is 17.3. The third-order valence-corrected chi connectivity index (χ3v) is 5.18. The Morgan fingerprint density at radius 3 is 2.32 bits per heavy atom. The van der Waals surface area contributed by atoms with Crippen LogP contribution in [0.2, 0.25) is 0 Å². The number of benzene rings is 2. The molecule has 25 heavy (non-hydrogen) atoms. The van der Waals surface area contributed by atoms with Gasteiger partial charge in [0.25, 0.3) is 0 Å². The van der Waals surface area contributed by atoms with E-state index in [1.807, 2.05) is 36.4 Å². The summed E-state index contributed by atoms with van der Waals surface area (Å²) in [6.45, 7) is 7.23. The molecule has 4 heteroatoms. The third kappa shape index (κ3) is 6.34. The minimum atomic E-state index is 0.0184. The summed E-state index contributed by atoms with van der Waals surface area (Å²) in [6.07, 6.45) is 2.24. The summed E-state index contributed by atoms with van der Waals surface area (Å²) in [5, 5.41) is 2.90. The molecule has 134 valence electrons. The van der Waals surface area contributed by atoms with Crippen molar-refractivity contribution in [1.29, 1.82) is 0 Å². The maximum absolute atomic E-state index is 11.9. The molecular weight excluding hydrogens is 425 g/mol. The molecule has 0 aliphatic rings. The van der Waals surface area contributed by atoms with Crippen LogP contribution in [0.25, 0.3) is 0 Å². The van der Waals surface area contributed by atoms with Crippen molar-refractivity contribution in [2.24, 2.45) is 0 Å².